The summed E-state index contributed by atoms with van der Waals surface area (Å²) in [7, 11) is 0. The van der Waals surface area contributed by atoms with Crippen LogP contribution in [0.5, 0.6) is 0 Å². The minimum atomic E-state index is 0.395. The first kappa shape index (κ1) is 29.5. The maximum Gasteiger partial charge on any atom is 0.00967 e. The molecule has 0 aromatic rings. The van der Waals surface area contributed by atoms with Gasteiger partial charge in [0.05, 0.1) is 0 Å². The molecule has 0 fully saturated rings. The van der Waals surface area contributed by atoms with E-state index in [1.807, 2.05) is 5.92 Å². The third kappa shape index (κ3) is 11.8. The molecule has 0 heterocycles. The summed E-state index contributed by atoms with van der Waals surface area (Å²) in [6.07, 6.45) is 45.9. The van der Waals surface area contributed by atoms with Gasteiger partial charge in [0.15, 0.2) is 0 Å². The first-order valence-electron chi connectivity index (χ1n) is 15.7. The van der Waals surface area contributed by atoms with Crippen LogP contribution in [-0.4, -0.2) is 0 Å². The Balaban J connectivity index is 1.54. The fraction of sp³-hybridized carbons (Fsp3) is 0.794. The quantitative estimate of drug-likeness (QED) is 0.123. The molecular weight excluding hydrogens is 408 g/mol. The molecule has 0 N–H and O–H groups in total. The standard InChI is InChI=1S/C34H59/c1-3-5-7-8-9-10-11-12-13-14-15-16-17-18-19-21-26-32-27-22-23-28-33(32)34(29-6-4-2)30-24-20-25-31-34/h12-13,24,28,30H,3-11,14-23,25-27,29,31H2,1-2H3. The topological polar surface area (TPSA) is 0 Å². The summed E-state index contributed by atoms with van der Waals surface area (Å²) in [5.74, 6) is 1.84. The summed E-state index contributed by atoms with van der Waals surface area (Å²) in [6.45, 7) is 4.65. The molecule has 0 saturated carbocycles. The van der Waals surface area contributed by atoms with E-state index in [4.69, 9.17) is 0 Å². The number of hydrogen-bond acceptors (Lipinski definition) is 0. The van der Waals surface area contributed by atoms with E-state index >= 15 is 0 Å². The Morgan fingerprint density at radius 3 is 2.00 bits per heavy atom. The zero-order valence-electron chi connectivity index (χ0n) is 23.4. The molecule has 34 heavy (non-hydrogen) atoms. The van der Waals surface area contributed by atoms with Gasteiger partial charge in [-0.3, -0.25) is 0 Å². The molecule has 1 unspecified atom stereocenters. The molecule has 2 rings (SSSR count). The van der Waals surface area contributed by atoms with Gasteiger partial charge in [0, 0.05) is 11.3 Å². The second-order valence-electron chi connectivity index (χ2n) is 11.4. The van der Waals surface area contributed by atoms with Crippen molar-refractivity contribution in [2.75, 3.05) is 0 Å². The zero-order valence-corrected chi connectivity index (χ0v) is 23.4. The van der Waals surface area contributed by atoms with Gasteiger partial charge >= 0.3 is 0 Å². The van der Waals surface area contributed by atoms with Crippen molar-refractivity contribution in [3.63, 3.8) is 0 Å². The number of hydrogen-bond donors (Lipinski definition) is 0. The molecule has 0 nitrogen and oxygen atoms in total. The summed E-state index contributed by atoms with van der Waals surface area (Å²) >= 11 is 0. The van der Waals surface area contributed by atoms with Crippen molar-refractivity contribution in [2.45, 2.75) is 168 Å². The van der Waals surface area contributed by atoms with E-state index in [0.717, 1.165) is 0 Å². The van der Waals surface area contributed by atoms with Crippen molar-refractivity contribution < 1.29 is 0 Å². The Hall–Kier alpha value is -0.780. The highest BCUT2D eigenvalue weighted by molar-refractivity contribution is 5.38. The van der Waals surface area contributed by atoms with Gasteiger partial charge in [-0.2, -0.15) is 0 Å². The lowest BCUT2D eigenvalue weighted by Gasteiger charge is -2.41. The molecule has 0 amide bonds. The van der Waals surface area contributed by atoms with Gasteiger partial charge in [-0.1, -0.05) is 127 Å². The molecule has 0 spiro atoms. The predicted molar refractivity (Wildman–Crippen MR) is 154 cm³/mol. The van der Waals surface area contributed by atoms with Gasteiger partial charge < -0.3 is 0 Å². The number of unbranched alkanes of at least 4 members (excludes halogenated alkanes) is 13. The maximum absolute atomic E-state index is 2.66. The first-order valence-corrected chi connectivity index (χ1v) is 15.7. The zero-order chi connectivity index (χ0) is 24.2. The Morgan fingerprint density at radius 2 is 1.35 bits per heavy atom. The third-order valence-electron chi connectivity index (χ3n) is 8.35. The average Bonchev–Trinajstić information content (AvgIpc) is 2.88. The van der Waals surface area contributed by atoms with Crippen LogP contribution in [0.3, 0.4) is 0 Å². The number of rotatable bonds is 20. The highest BCUT2D eigenvalue weighted by atomic mass is 14.4. The van der Waals surface area contributed by atoms with Crippen molar-refractivity contribution >= 4 is 0 Å². The summed E-state index contributed by atoms with van der Waals surface area (Å²) < 4.78 is 0. The normalized spacial score (nSPS) is 21.4. The number of allylic oxidation sites excluding steroid dienone is 6. The SMILES string of the molecule is CCCCCCCCC=CCCCCCCCC[C]1CCCC=C1C1(CCCC)C=CCCC1. The van der Waals surface area contributed by atoms with Crippen molar-refractivity contribution in [1.82, 2.24) is 0 Å². The predicted octanol–water partition coefficient (Wildman–Crippen LogP) is 12.0. The highest BCUT2D eigenvalue weighted by Crippen LogP contribution is 2.50. The maximum atomic E-state index is 2.66. The Labute approximate surface area is 215 Å². The summed E-state index contributed by atoms with van der Waals surface area (Å²) in [4.78, 5) is 0. The van der Waals surface area contributed by atoms with Crippen molar-refractivity contribution in [1.29, 1.82) is 0 Å². The van der Waals surface area contributed by atoms with E-state index in [1.54, 1.807) is 5.57 Å². The molecule has 2 aliphatic rings. The molecule has 0 heteroatoms. The Morgan fingerprint density at radius 1 is 0.706 bits per heavy atom. The molecular formula is C34H59. The molecule has 0 aliphatic heterocycles. The van der Waals surface area contributed by atoms with Crippen LogP contribution in [-0.2, 0) is 0 Å². The van der Waals surface area contributed by atoms with Gasteiger partial charge in [-0.15, -0.1) is 0 Å². The fourth-order valence-corrected chi connectivity index (χ4v) is 6.23. The Bertz CT molecular complexity index is 565. The van der Waals surface area contributed by atoms with Crippen LogP contribution in [0.2, 0.25) is 0 Å². The van der Waals surface area contributed by atoms with Gasteiger partial charge in [-0.25, -0.2) is 0 Å². The molecule has 0 saturated heterocycles. The van der Waals surface area contributed by atoms with E-state index in [0.29, 0.717) is 5.41 Å². The smallest absolute Gasteiger partial charge is 0.00967 e. The van der Waals surface area contributed by atoms with Gasteiger partial charge in [0.25, 0.3) is 0 Å². The van der Waals surface area contributed by atoms with E-state index in [2.05, 4.69) is 44.2 Å². The molecule has 0 aromatic heterocycles. The lowest BCUT2D eigenvalue weighted by Crippen LogP contribution is -2.28. The lowest BCUT2D eigenvalue weighted by molar-refractivity contribution is 0.336. The fourth-order valence-electron chi connectivity index (χ4n) is 6.23. The van der Waals surface area contributed by atoms with Crippen LogP contribution in [0.15, 0.2) is 36.0 Å². The molecule has 195 valence electrons. The molecule has 2 aliphatic carbocycles. The van der Waals surface area contributed by atoms with Gasteiger partial charge in [-0.05, 0) is 77.0 Å². The molecule has 1 radical (unpaired) electrons. The average molecular weight is 468 g/mol. The first-order chi connectivity index (χ1) is 16.8. The molecule has 0 bridgehead atoms. The molecule has 0 aromatic carbocycles. The van der Waals surface area contributed by atoms with E-state index < -0.39 is 0 Å². The lowest BCUT2D eigenvalue weighted by atomic mass is 9.63. The van der Waals surface area contributed by atoms with Crippen molar-refractivity contribution in [2.24, 2.45) is 5.41 Å². The summed E-state index contributed by atoms with van der Waals surface area (Å²) in [5.41, 5.74) is 2.18. The van der Waals surface area contributed by atoms with E-state index in [1.165, 1.54) is 154 Å². The van der Waals surface area contributed by atoms with Crippen LogP contribution < -0.4 is 0 Å². The van der Waals surface area contributed by atoms with Crippen LogP contribution in [0.4, 0.5) is 0 Å². The highest BCUT2D eigenvalue weighted by Gasteiger charge is 2.36. The Kier molecular flexibility index (Phi) is 16.8. The van der Waals surface area contributed by atoms with E-state index in [9.17, 15) is 0 Å². The van der Waals surface area contributed by atoms with Crippen LogP contribution >= 0.6 is 0 Å². The minimum Gasteiger partial charge on any atom is -0.0885 e. The second-order valence-corrected chi connectivity index (χ2v) is 11.4. The largest absolute Gasteiger partial charge is 0.0885 e. The third-order valence-corrected chi connectivity index (χ3v) is 8.35. The van der Waals surface area contributed by atoms with Crippen molar-refractivity contribution in [3.8, 4) is 0 Å². The van der Waals surface area contributed by atoms with E-state index in [-0.39, 0.29) is 0 Å². The van der Waals surface area contributed by atoms with Crippen LogP contribution in [0.25, 0.3) is 0 Å². The van der Waals surface area contributed by atoms with Gasteiger partial charge in [0.1, 0.15) is 0 Å². The summed E-state index contributed by atoms with van der Waals surface area (Å²) in [5, 5.41) is 0. The molecule has 1 atom stereocenters. The second kappa shape index (κ2) is 19.4. The van der Waals surface area contributed by atoms with Crippen molar-refractivity contribution in [3.05, 3.63) is 41.9 Å². The summed E-state index contributed by atoms with van der Waals surface area (Å²) in [6, 6.07) is 0. The minimum absolute atomic E-state index is 0.395. The monoisotopic (exact) mass is 467 g/mol. The van der Waals surface area contributed by atoms with Gasteiger partial charge in [0.2, 0.25) is 0 Å². The van der Waals surface area contributed by atoms with Crippen LogP contribution in [0, 0.1) is 11.3 Å². The van der Waals surface area contributed by atoms with Crippen LogP contribution in [0.1, 0.15) is 168 Å².